The van der Waals surface area contributed by atoms with Gasteiger partial charge in [-0.15, -0.1) is 0 Å². The third-order valence-electron chi connectivity index (χ3n) is 4.84. The molecule has 0 unspecified atom stereocenters. The van der Waals surface area contributed by atoms with Crippen molar-refractivity contribution in [2.24, 2.45) is 5.92 Å². The zero-order chi connectivity index (χ0) is 14.8. The molecular formula is C18H27N2O+. The number of aliphatic hydroxyl groups excluding tert-OH is 1. The highest BCUT2D eigenvalue weighted by Gasteiger charge is 2.34. The van der Waals surface area contributed by atoms with Gasteiger partial charge in [0.05, 0.1) is 6.61 Å². The maximum absolute atomic E-state index is 9.66. The number of aliphatic hydroxyl groups is 1. The van der Waals surface area contributed by atoms with Gasteiger partial charge in [-0.05, 0) is 36.3 Å². The van der Waals surface area contributed by atoms with E-state index in [0.29, 0.717) is 12.0 Å². The zero-order valence-corrected chi connectivity index (χ0v) is 13.2. The normalized spacial score (nSPS) is 22.6. The predicted octanol–water partition coefficient (Wildman–Crippen LogP) is 2.44. The number of nitrogens with zero attached hydrogens (tertiary/aromatic N) is 2. The topological polar surface area (TPSA) is 26.5 Å². The molecular weight excluding hydrogens is 260 g/mol. The highest BCUT2D eigenvalue weighted by molar-refractivity contribution is 5.52. The SMILES string of the molecule is CC(C)C[C@@H](CO)N1C=[N+]([C@H]2CCc3ccccc32)CC1. The minimum Gasteiger partial charge on any atom is -0.392 e. The van der Waals surface area contributed by atoms with Gasteiger partial charge in [0.15, 0.2) is 0 Å². The molecule has 0 saturated heterocycles. The van der Waals surface area contributed by atoms with Crippen molar-refractivity contribution in [3.05, 3.63) is 35.4 Å². The molecule has 2 atom stereocenters. The summed E-state index contributed by atoms with van der Waals surface area (Å²) in [5.41, 5.74) is 3.01. The fourth-order valence-corrected chi connectivity index (χ4v) is 3.79. The molecule has 3 rings (SSSR count). The van der Waals surface area contributed by atoms with Crippen LogP contribution in [-0.4, -0.2) is 46.7 Å². The van der Waals surface area contributed by atoms with Crippen LogP contribution >= 0.6 is 0 Å². The van der Waals surface area contributed by atoms with Crippen LogP contribution in [0.25, 0.3) is 0 Å². The molecule has 0 amide bonds. The van der Waals surface area contributed by atoms with Crippen LogP contribution in [0.15, 0.2) is 24.3 Å². The van der Waals surface area contributed by atoms with E-state index in [2.05, 4.69) is 53.9 Å². The largest absolute Gasteiger partial charge is 0.392 e. The van der Waals surface area contributed by atoms with Crippen molar-refractivity contribution in [3.63, 3.8) is 0 Å². The Hall–Kier alpha value is -1.35. The van der Waals surface area contributed by atoms with E-state index >= 15 is 0 Å². The molecule has 2 aliphatic rings. The van der Waals surface area contributed by atoms with Crippen molar-refractivity contribution >= 4 is 6.34 Å². The maximum atomic E-state index is 9.66. The van der Waals surface area contributed by atoms with E-state index in [-0.39, 0.29) is 12.6 Å². The molecule has 1 aromatic carbocycles. The summed E-state index contributed by atoms with van der Waals surface area (Å²) in [5, 5.41) is 9.66. The summed E-state index contributed by atoms with van der Waals surface area (Å²) >= 11 is 0. The van der Waals surface area contributed by atoms with Gasteiger partial charge in [0.1, 0.15) is 25.2 Å². The predicted molar refractivity (Wildman–Crippen MR) is 85.7 cm³/mol. The Morgan fingerprint density at radius 3 is 2.90 bits per heavy atom. The first kappa shape index (κ1) is 14.6. The molecule has 0 aromatic heterocycles. The number of rotatable bonds is 5. The van der Waals surface area contributed by atoms with Crippen LogP contribution in [0.5, 0.6) is 0 Å². The van der Waals surface area contributed by atoms with E-state index in [1.807, 2.05) is 0 Å². The number of hydrogen-bond acceptors (Lipinski definition) is 2. The Morgan fingerprint density at radius 2 is 2.14 bits per heavy atom. The van der Waals surface area contributed by atoms with Crippen LogP contribution in [0.1, 0.15) is 43.9 Å². The van der Waals surface area contributed by atoms with E-state index in [0.717, 1.165) is 19.5 Å². The van der Waals surface area contributed by atoms with E-state index < -0.39 is 0 Å². The monoisotopic (exact) mass is 287 g/mol. The standard InChI is InChI=1S/C18H27N2O/c1-14(2)11-16(12-21)19-9-10-20(13-19)18-8-7-15-5-3-4-6-17(15)18/h3-6,13-14,16,18,21H,7-12H2,1-2H3/q+1/t16-,18-/m0/s1. The van der Waals surface area contributed by atoms with Crippen molar-refractivity contribution in [3.8, 4) is 0 Å². The molecule has 0 bridgehead atoms. The molecule has 114 valence electrons. The quantitative estimate of drug-likeness (QED) is 0.842. The summed E-state index contributed by atoms with van der Waals surface area (Å²) in [7, 11) is 0. The van der Waals surface area contributed by atoms with Crippen LogP contribution in [0.4, 0.5) is 0 Å². The van der Waals surface area contributed by atoms with E-state index in [1.165, 1.54) is 24.0 Å². The van der Waals surface area contributed by atoms with Crippen LogP contribution in [0, 0.1) is 5.92 Å². The van der Waals surface area contributed by atoms with Crippen LogP contribution in [-0.2, 0) is 6.42 Å². The molecule has 3 nitrogen and oxygen atoms in total. The molecule has 1 aromatic rings. The Bertz CT molecular complexity index is 524. The molecule has 0 saturated carbocycles. The van der Waals surface area contributed by atoms with Crippen LogP contribution in [0.2, 0.25) is 0 Å². The summed E-state index contributed by atoms with van der Waals surface area (Å²) in [6.07, 6.45) is 5.75. The van der Waals surface area contributed by atoms with E-state index in [1.54, 1.807) is 0 Å². The van der Waals surface area contributed by atoms with E-state index in [9.17, 15) is 5.11 Å². The number of aryl methyl sites for hydroxylation is 1. The average Bonchev–Trinajstić information content (AvgIpc) is 3.10. The van der Waals surface area contributed by atoms with Gasteiger partial charge >= 0.3 is 0 Å². The molecule has 0 spiro atoms. The summed E-state index contributed by atoms with van der Waals surface area (Å²) < 4.78 is 2.48. The molecule has 21 heavy (non-hydrogen) atoms. The van der Waals surface area contributed by atoms with Gasteiger partial charge in [-0.1, -0.05) is 38.1 Å². The van der Waals surface area contributed by atoms with Gasteiger partial charge in [-0.25, -0.2) is 0 Å². The Kier molecular flexibility index (Phi) is 4.29. The third kappa shape index (κ3) is 2.98. The Labute approximate surface area is 127 Å². The molecule has 1 heterocycles. The van der Waals surface area contributed by atoms with Crippen molar-refractivity contribution in [2.75, 3.05) is 19.7 Å². The van der Waals surface area contributed by atoms with Gasteiger partial charge < -0.3 is 5.11 Å². The number of benzene rings is 1. The Morgan fingerprint density at radius 1 is 1.33 bits per heavy atom. The minimum atomic E-state index is 0.254. The van der Waals surface area contributed by atoms with Crippen molar-refractivity contribution in [2.45, 2.75) is 45.2 Å². The van der Waals surface area contributed by atoms with Gasteiger partial charge in [0.25, 0.3) is 0 Å². The van der Waals surface area contributed by atoms with Crippen molar-refractivity contribution in [1.29, 1.82) is 0 Å². The summed E-state index contributed by atoms with van der Waals surface area (Å²) in [6.45, 7) is 6.82. The van der Waals surface area contributed by atoms with Crippen molar-refractivity contribution in [1.82, 2.24) is 4.90 Å². The lowest BCUT2D eigenvalue weighted by Gasteiger charge is -2.20. The first-order valence-electron chi connectivity index (χ1n) is 8.24. The highest BCUT2D eigenvalue weighted by atomic mass is 16.3. The summed E-state index contributed by atoms with van der Waals surface area (Å²) in [6, 6.07) is 9.64. The maximum Gasteiger partial charge on any atom is 0.235 e. The smallest absolute Gasteiger partial charge is 0.235 e. The number of hydrogen-bond donors (Lipinski definition) is 1. The fraction of sp³-hybridized carbons (Fsp3) is 0.611. The van der Waals surface area contributed by atoms with Gasteiger partial charge in [0.2, 0.25) is 6.34 Å². The third-order valence-corrected chi connectivity index (χ3v) is 4.84. The van der Waals surface area contributed by atoms with Gasteiger partial charge in [0, 0.05) is 0 Å². The Balaban J connectivity index is 1.75. The number of fused-ring (bicyclic) bond motifs is 1. The lowest BCUT2D eigenvalue weighted by atomic mass is 10.0. The van der Waals surface area contributed by atoms with Crippen LogP contribution in [0.3, 0.4) is 0 Å². The minimum absolute atomic E-state index is 0.254. The van der Waals surface area contributed by atoms with Gasteiger partial charge in [-0.3, -0.25) is 9.48 Å². The first-order valence-corrected chi connectivity index (χ1v) is 8.24. The zero-order valence-electron chi connectivity index (χ0n) is 13.2. The molecule has 1 aliphatic heterocycles. The van der Waals surface area contributed by atoms with E-state index in [4.69, 9.17) is 0 Å². The summed E-state index contributed by atoms with van der Waals surface area (Å²) in [4.78, 5) is 2.35. The van der Waals surface area contributed by atoms with Gasteiger partial charge in [-0.2, -0.15) is 0 Å². The van der Waals surface area contributed by atoms with Crippen LogP contribution < -0.4 is 0 Å². The molecule has 3 heteroatoms. The molecule has 0 radical (unpaired) electrons. The lowest BCUT2D eigenvalue weighted by molar-refractivity contribution is -0.559. The average molecular weight is 287 g/mol. The lowest BCUT2D eigenvalue weighted by Crippen LogP contribution is -2.36. The second kappa shape index (κ2) is 6.18. The highest BCUT2D eigenvalue weighted by Crippen LogP contribution is 2.34. The second-order valence-electron chi connectivity index (χ2n) is 6.81. The summed E-state index contributed by atoms with van der Waals surface area (Å²) in [5.74, 6) is 0.622. The fourth-order valence-electron chi connectivity index (χ4n) is 3.79. The molecule has 1 aliphatic carbocycles. The molecule has 0 fully saturated rings. The molecule has 1 N–H and O–H groups in total. The second-order valence-corrected chi connectivity index (χ2v) is 6.81. The first-order chi connectivity index (χ1) is 10.2. The van der Waals surface area contributed by atoms with Crippen molar-refractivity contribution < 1.29 is 9.68 Å².